The predicted molar refractivity (Wildman–Crippen MR) is 247 cm³/mol. The molecule has 4 aromatic carbocycles. The van der Waals surface area contributed by atoms with Crippen molar-refractivity contribution in [2.75, 3.05) is 78.9 Å². The SMILES string of the molecule is CCOC(=O)C12C(c3cc(OC)c(OC)c(OC)c3)C3(C(=O)OCC)C4N(c5ccccc5)C1C1(C(=O)OCC)C(c5cc(OC)c(OC)c(OC)c5)C4(C(=O)OCC)C3N(c3ccccc3)C21. The van der Waals surface area contributed by atoms with Gasteiger partial charge in [0, 0.05) is 23.2 Å². The summed E-state index contributed by atoms with van der Waals surface area (Å²) in [5, 5.41) is 0. The van der Waals surface area contributed by atoms with Gasteiger partial charge in [0.1, 0.15) is 21.7 Å². The zero-order valence-electron chi connectivity index (χ0n) is 40.0. The molecule has 0 aromatic heterocycles. The number of carbonyl (C=O) groups excluding carboxylic acids is 4. The van der Waals surface area contributed by atoms with Crippen molar-refractivity contribution in [1.29, 1.82) is 0 Å². The number of anilines is 2. The minimum atomic E-state index is -1.85. The van der Waals surface area contributed by atoms with Gasteiger partial charge >= 0.3 is 23.9 Å². The van der Waals surface area contributed by atoms with E-state index in [0.717, 1.165) is 0 Å². The number of carbonyl (C=O) groups is 4. The van der Waals surface area contributed by atoms with E-state index in [0.29, 0.717) is 22.5 Å². The van der Waals surface area contributed by atoms with E-state index < -0.39 is 81.5 Å². The quantitative estimate of drug-likeness (QED) is 0.0798. The third-order valence-electron chi connectivity index (χ3n) is 15.3. The fourth-order valence-electron chi connectivity index (χ4n) is 14.0. The Bertz CT molecular complexity index is 2300. The Morgan fingerprint density at radius 2 is 0.662 bits per heavy atom. The number of esters is 4. The second-order valence-corrected chi connectivity index (χ2v) is 17.5. The number of para-hydroxylation sites is 2. The number of methoxy groups -OCH3 is 6. The summed E-state index contributed by atoms with van der Waals surface area (Å²) in [6, 6.07) is 20.6. The minimum Gasteiger partial charge on any atom is -0.493 e. The standard InChI is InChI=1S/C52H58N2O14/c1-11-65-45(55)49-39(29-25-33(59-5)37(63-9)34(26-29)60-6)50(46(56)66-12-2)43-52(48(58)68-14-4)40(30-27-35(61-7)38(64-10)36(28-30)62-8)51(47(57)67-13-3,41(49)53(43)31-21-17-15-18-22-31)42(49)54(44(50)52)32-23-19-16-20-24-32/h15-28,39-44H,11-14H2,1-10H3. The van der Waals surface area contributed by atoms with Crippen molar-refractivity contribution in [2.45, 2.75) is 63.7 Å². The molecule has 0 amide bonds. The highest BCUT2D eigenvalue weighted by Crippen LogP contribution is 2.93. The van der Waals surface area contributed by atoms with Crippen LogP contribution in [0.5, 0.6) is 34.5 Å². The molecular weight excluding hydrogens is 877 g/mol. The summed E-state index contributed by atoms with van der Waals surface area (Å²) >= 11 is 0. The summed E-state index contributed by atoms with van der Waals surface area (Å²) in [4.78, 5) is 69.1. The Morgan fingerprint density at radius 1 is 0.412 bits per heavy atom. The predicted octanol–water partition coefficient (Wildman–Crippen LogP) is 6.36. The topological polar surface area (TPSA) is 167 Å². The fraction of sp³-hybridized carbons (Fsp3) is 0.462. The third-order valence-corrected chi connectivity index (χ3v) is 15.3. The molecule has 4 saturated heterocycles. The average Bonchev–Trinajstić information content (AvgIpc) is 3.34. The van der Waals surface area contributed by atoms with Crippen LogP contribution in [-0.2, 0) is 38.1 Å². The van der Waals surface area contributed by atoms with E-state index >= 15 is 19.2 Å². The molecule has 2 saturated carbocycles. The van der Waals surface area contributed by atoms with Gasteiger partial charge in [-0.3, -0.25) is 19.2 Å². The van der Waals surface area contributed by atoms with Gasteiger partial charge in [0.05, 0.1) is 93.3 Å². The van der Waals surface area contributed by atoms with Crippen LogP contribution in [0.25, 0.3) is 0 Å². The number of nitrogens with zero attached hydrogens (tertiary/aromatic N) is 2. The Hall–Kier alpha value is -6.84. The van der Waals surface area contributed by atoms with Crippen molar-refractivity contribution in [3.63, 3.8) is 0 Å². The van der Waals surface area contributed by atoms with E-state index in [4.69, 9.17) is 47.4 Å². The van der Waals surface area contributed by atoms with Crippen LogP contribution in [0.2, 0.25) is 0 Å². The summed E-state index contributed by atoms with van der Waals surface area (Å²) in [6.45, 7) is 6.68. The van der Waals surface area contributed by atoms with Crippen molar-refractivity contribution < 1.29 is 66.5 Å². The molecule has 4 aliphatic heterocycles. The molecule has 10 rings (SSSR count). The molecule has 6 aliphatic rings. The van der Waals surface area contributed by atoms with Crippen molar-refractivity contribution in [2.24, 2.45) is 21.7 Å². The van der Waals surface area contributed by atoms with Crippen molar-refractivity contribution in [1.82, 2.24) is 0 Å². The first-order valence-electron chi connectivity index (χ1n) is 22.9. The Labute approximate surface area is 395 Å². The molecule has 0 radical (unpaired) electrons. The zero-order valence-corrected chi connectivity index (χ0v) is 40.0. The van der Waals surface area contributed by atoms with Gasteiger partial charge in [-0.15, -0.1) is 0 Å². The van der Waals surface area contributed by atoms with Gasteiger partial charge in [-0.2, -0.15) is 0 Å². The van der Waals surface area contributed by atoms with Gasteiger partial charge in [0.2, 0.25) is 11.5 Å². The van der Waals surface area contributed by atoms with Gasteiger partial charge in [-0.1, -0.05) is 36.4 Å². The first kappa shape index (κ1) is 46.3. The maximum atomic E-state index is 16.3. The zero-order chi connectivity index (χ0) is 48.5. The van der Waals surface area contributed by atoms with E-state index in [1.807, 2.05) is 70.5 Å². The van der Waals surface area contributed by atoms with Crippen molar-refractivity contribution in [3.8, 4) is 34.5 Å². The molecule has 0 atom stereocenters. The Morgan fingerprint density at radius 3 is 0.868 bits per heavy atom. The lowest BCUT2D eigenvalue weighted by Crippen LogP contribution is -3.10. The lowest BCUT2D eigenvalue weighted by Gasteiger charge is -2.95. The second kappa shape index (κ2) is 17.0. The van der Waals surface area contributed by atoms with Crippen molar-refractivity contribution >= 4 is 35.3 Å². The molecule has 0 N–H and O–H groups in total. The molecule has 0 unspecified atom stereocenters. The fourth-order valence-corrected chi connectivity index (χ4v) is 14.0. The number of piperidine rings is 4. The maximum absolute atomic E-state index is 16.3. The summed E-state index contributed by atoms with van der Waals surface area (Å²) in [7, 11) is 8.90. The molecule has 4 aromatic rings. The summed E-state index contributed by atoms with van der Waals surface area (Å²) in [5.74, 6) is -3.47. The average molecular weight is 935 g/mol. The largest absolute Gasteiger partial charge is 0.493 e. The molecule has 6 fully saturated rings. The number of rotatable bonds is 18. The summed E-state index contributed by atoms with van der Waals surface area (Å²) in [6.07, 6.45) is 0. The minimum absolute atomic E-state index is 0.0482. The molecule has 2 aliphatic carbocycles. The highest BCUT2D eigenvalue weighted by molar-refractivity contribution is 6.07. The number of hydrogen-bond donors (Lipinski definition) is 0. The Balaban J connectivity index is 1.57. The molecule has 360 valence electrons. The highest BCUT2D eigenvalue weighted by atomic mass is 16.6. The van der Waals surface area contributed by atoms with E-state index in [2.05, 4.69) is 0 Å². The second-order valence-electron chi connectivity index (χ2n) is 17.5. The molecule has 16 nitrogen and oxygen atoms in total. The molecular formula is C52H58N2O14. The highest BCUT2D eigenvalue weighted by Gasteiger charge is 3.07. The smallest absolute Gasteiger partial charge is 0.317 e. The van der Waals surface area contributed by atoms with E-state index in [9.17, 15) is 0 Å². The summed E-state index contributed by atoms with van der Waals surface area (Å²) in [5.41, 5.74) is -5.43. The monoisotopic (exact) mass is 934 g/mol. The molecule has 4 heterocycles. The van der Waals surface area contributed by atoms with Crippen LogP contribution in [0.1, 0.15) is 50.7 Å². The molecule has 8 bridgehead atoms. The van der Waals surface area contributed by atoms with E-state index in [1.54, 1.807) is 52.0 Å². The summed E-state index contributed by atoms with van der Waals surface area (Å²) < 4.78 is 60.9. The van der Waals surface area contributed by atoms with Crippen LogP contribution >= 0.6 is 0 Å². The van der Waals surface area contributed by atoms with Gasteiger partial charge in [-0.05, 0) is 87.4 Å². The maximum Gasteiger partial charge on any atom is 0.317 e. The van der Waals surface area contributed by atoms with E-state index in [1.165, 1.54) is 42.7 Å². The number of hydrogen-bond acceptors (Lipinski definition) is 16. The Kier molecular flexibility index (Phi) is 11.6. The lowest BCUT2D eigenvalue weighted by atomic mass is 9.15. The van der Waals surface area contributed by atoms with Crippen LogP contribution in [-0.4, -0.2) is 117 Å². The van der Waals surface area contributed by atoms with E-state index in [-0.39, 0.29) is 60.9 Å². The van der Waals surface area contributed by atoms with Gasteiger partial charge < -0.3 is 57.2 Å². The third kappa shape index (κ3) is 5.36. The normalized spacial score (nSPS) is 29.7. The van der Waals surface area contributed by atoms with Crippen LogP contribution in [0.15, 0.2) is 84.9 Å². The number of ether oxygens (including phenoxy) is 10. The number of benzene rings is 4. The molecule has 0 spiro atoms. The van der Waals surface area contributed by atoms with Crippen LogP contribution in [0.3, 0.4) is 0 Å². The first-order chi connectivity index (χ1) is 33.0. The lowest BCUT2D eigenvalue weighted by molar-refractivity contribution is -0.340. The first-order valence-corrected chi connectivity index (χ1v) is 22.9. The molecule has 16 heteroatoms. The van der Waals surface area contributed by atoms with Crippen LogP contribution < -0.4 is 38.2 Å². The van der Waals surface area contributed by atoms with Crippen LogP contribution in [0, 0.1) is 21.7 Å². The van der Waals surface area contributed by atoms with Gasteiger partial charge in [-0.25, -0.2) is 0 Å². The van der Waals surface area contributed by atoms with Crippen molar-refractivity contribution in [3.05, 3.63) is 96.1 Å². The van der Waals surface area contributed by atoms with Crippen LogP contribution in [0.4, 0.5) is 11.4 Å². The van der Waals surface area contributed by atoms with Gasteiger partial charge in [0.25, 0.3) is 0 Å². The molecule has 68 heavy (non-hydrogen) atoms. The van der Waals surface area contributed by atoms with Gasteiger partial charge in [0.15, 0.2) is 23.0 Å².